The summed E-state index contributed by atoms with van der Waals surface area (Å²) >= 11 is 0. The highest BCUT2D eigenvalue weighted by molar-refractivity contribution is 5.77. The van der Waals surface area contributed by atoms with Crippen LogP contribution in [0.5, 0.6) is 0 Å². The van der Waals surface area contributed by atoms with Crippen molar-refractivity contribution in [1.82, 2.24) is 10.6 Å². The fraction of sp³-hybridized carbons (Fsp3) is 0.429. The molecule has 0 amide bonds. The van der Waals surface area contributed by atoms with Crippen LogP contribution in [0, 0.1) is 0 Å². The molecule has 17 heavy (non-hydrogen) atoms. The SMILES string of the molecule is C[C@@H]1NCC[C@@H]1NCc1cc2ccccc2o1. The summed E-state index contributed by atoms with van der Waals surface area (Å²) in [5.74, 6) is 1.02. The van der Waals surface area contributed by atoms with Gasteiger partial charge in [-0.05, 0) is 32.0 Å². The fourth-order valence-corrected chi connectivity index (χ4v) is 2.49. The minimum absolute atomic E-state index is 0.555. The van der Waals surface area contributed by atoms with Gasteiger partial charge in [-0.2, -0.15) is 0 Å². The molecule has 0 aliphatic carbocycles. The Balaban J connectivity index is 1.68. The molecular formula is C14H18N2O. The van der Waals surface area contributed by atoms with Crippen molar-refractivity contribution in [2.75, 3.05) is 6.54 Å². The molecule has 1 saturated heterocycles. The lowest BCUT2D eigenvalue weighted by Crippen LogP contribution is -2.37. The summed E-state index contributed by atoms with van der Waals surface area (Å²) in [6, 6.07) is 11.4. The Morgan fingerprint density at radius 2 is 2.29 bits per heavy atom. The van der Waals surface area contributed by atoms with Crippen LogP contribution in [-0.4, -0.2) is 18.6 Å². The lowest BCUT2D eigenvalue weighted by molar-refractivity contribution is 0.435. The Hall–Kier alpha value is -1.32. The van der Waals surface area contributed by atoms with E-state index in [1.165, 1.54) is 11.8 Å². The molecule has 0 bridgehead atoms. The summed E-state index contributed by atoms with van der Waals surface area (Å²) < 4.78 is 5.78. The molecular weight excluding hydrogens is 212 g/mol. The largest absolute Gasteiger partial charge is 0.460 e. The van der Waals surface area contributed by atoms with E-state index in [1.54, 1.807) is 0 Å². The number of para-hydroxylation sites is 1. The average Bonchev–Trinajstić information content (AvgIpc) is 2.92. The molecule has 1 aromatic heterocycles. The van der Waals surface area contributed by atoms with Crippen LogP contribution < -0.4 is 10.6 Å². The molecule has 2 heterocycles. The van der Waals surface area contributed by atoms with Gasteiger partial charge in [0.1, 0.15) is 11.3 Å². The van der Waals surface area contributed by atoms with Gasteiger partial charge in [-0.1, -0.05) is 18.2 Å². The molecule has 1 fully saturated rings. The van der Waals surface area contributed by atoms with Crippen molar-refractivity contribution in [3.05, 3.63) is 36.1 Å². The van der Waals surface area contributed by atoms with Crippen molar-refractivity contribution in [3.8, 4) is 0 Å². The molecule has 90 valence electrons. The second kappa shape index (κ2) is 4.51. The van der Waals surface area contributed by atoms with E-state index in [1.807, 2.05) is 18.2 Å². The maximum absolute atomic E-state index is 5.78. The van der Waals surface area contributed by atoms with Crippen molar-refractivity contribution in [1.29, 1.82) is 0 Å². The van der Waals surface area contributed by atoms with Crippen LogP contribution in [0.3, 0.4) is 0 Å². The molecule has 3 heteroatoms. The van der Waals surface area contributed by atoms with Gasteiger partial charge < -0.3 is 15.1 Å². The maximum atomic E-state index is 5.78. The van der Waals surface area contributed by atoms with Crippen molar-refractivity contribution in [2.24, 2.45) is 0 Å². The van der Waals surface area contributed by atoms with Gasteiger partial charge in [0.05, 0.1) is 6.54 Å². The monoisotopic (exact) mass is 230 g/mol. The van der Waals surface area contributed by atoms with Crippen molar-refractivity contribution in [3.63, 3.8) is 0 Å². The van der Waals surface area contributed by atoms with Gasteiger partial charge in [-0.15, -0.1) is 0 Å². The Bertz CT molecular complexity index is 473. The summed E-state index contributed by atoms with van der Waals surface area (Å²) in [6.07, 6.45) is 1.20. The van der Waals surface area contributed by atoms with E-state index in [9.17, 15) is 0 Å². The van der Waals surface area contributed by atoms with Crippen molar-refractivity contribution < 1.29 is 4.42 Å². The van der Waals surface area contributed by atoms with E-state index in [2.05, 4.69) is 29.7 Å². The number of nitrogens with one attached hydrogen (secondary N) is 2. The number of hydrogen-bond donors (Lipinski definition) is 2. The van der Waals surface area contributed by atoms with Gasteiger partial charge in [-0.25, -0.2) is 0 Å². The van der Waals surface area contributed by atoms with Crippen LogP contribution >= 0.6 is 0 Å². The first-order chi connectivity index (χ1) is 8.33. The second-order valence-electron chi connectivity index (χ2n) is 4.77. The molecule has 3 nitrogen and oxygen atoms in total. The lowest BCUT2D eigenvalue weighted by atomic mass is 10.1. The van der Waals surface area contributed by atoms with Gasteiger partial charge in [-0.3, -0.25) is 0 Å². The molecule has 2 aromatic rings. The average molecular weight is 230 g/mol. The smallest absolute Gasteiger partial charge is 0.134 e. The summed E-state index contributed by atoms with van der Waals surface area (Å²) in [4.78, 5) is 0. The molecule has 0 radical (unpaired) electrons. The minimum atomic E-state index is 0.555. The van der Waals surface area contributed by atoms with E-state index >= 15 is 0 Å². The van der Waals surface area contributed by atoms with Gasteiger partial charge in [0.15, 0.2) is 0 Å². The summed E-state index contributed by atoms with van der Waals surface area (Å²) in [5, 5.41) is 8.17. The van der Waals surface area contributed by atoms with Crippen molar-refractivity contribution >= 4 is 11.0 Å². The third-order valence-corrected chi connectivity index (χ3v) is 3.54. The van der Waals surface area contributed by atoms with Crippen LogP contribution in [0.4, 0.5) is 0 Å². The molecule has 2 atom stereocenters. The predicted molar refractivity (Wildman–Crippen MR) is 68.9 cm³/mol. The minimum Gasteiger partial charge on any atom is -0.460 e. The van der Waals surface area contributed by atoms with Crippen LogP contribution in [0.2, 0.25) is 0 Å². The standard InChI is InChI=1S/C14H18N2O/c1-10-13(6-7-15-10)16-9-12-8-11-4-2-3-5-14(11)17-12/h2-5,8,10,13,15-16H,6-7,9H2,1H3/t10-,13-/m0/s1. The topological polar surface area (TPSA) is 37.2 Å². The van der Waals surface area contributed by atoms with E-state index in [0.29, 0.717) is 12.1 Å². The van der Waals surface area contributed by atoms with E-state index in [0.717, 1.165) is 24.4 Å². The van der Waals surface area contributed by atoms with Gasteiger partial charge in [0.2, 0.25) is 0 Å². The van der Waals surface area contributed by atoms with E-state index < -0.39 is 0 Å². The number of hydrogen-bond acceptors (Lipinski definition) is 3. The van der Waals surface area contributed by atoms with Crippen LogP contribution in [-0.2, 0) is 6.54 Å². The second-order valence-corrected chi connectivity index (χ2v) is 4.77. The number of rotatable bonds is 3. The molecule has 0 spiro atoms. The van der Waals surface area contributed by atoms with Crippen LogP contribution in [0.15, 0.2) is 34.7 Å². The molecule has 3 rings (SSSR count). The van der Waals surface area contributed by atoms with E-state index in [4.69, 9.17) is 4.42 Å². The normalized spacial score (nSPS) is 24.5. The Morgan fingerprint density at radius 3 is 3.06 bits per heavy atom. The quantitative estimate of drug-likeness (QED) is 0.849. The zero-order chi connectivity index (χ0) is 11.7. The van der Waals surface area contributed by atoms with Gasteiger partial charge in [0.25, 0.3) is 0 Å². The van der Waals surface area contributed by atoms with E-state index in [-0.39, 0.29) is 0 Å². The lowest BCUT2D eigenvalue weighted by Gasteiger charge is -2.15. The third kappa shape index (κ3) is 2.21. The predicted octanol–water partition coefficient (Wildman–Crippen LogP) is 2.27. The first-order valence-electron chi connectivity index (χ1n) is 6.27. The Labute approximate surface area is 101 Å². The molecule has 1 aromatic carbocycles. The Kier molecular flexibility index (Phi) is 2.87. The van der Waals surface area contributed by atoms with Crippen molar-refractivity contribution in [2.45, 2.75) is 32.0 Å². The first kappa shape index (κ1) is 10.8. The fourth-order valence-electron chi connectivity index (χ4n) is 2.49. The summed E-state index contributed by atoms with van der Waals surface area (Å²) in [5.41, 5.74) is 0.974. The highest BCUT2D eigenvalue weighted by Gasteiger charge is 2.22. The zero-order valence-corrected chi connectivity index (χ0v) is 10.1. The van der Waals surface area contributed by atoms with Gasteiger partial charge in [0, 0.05) is 17.5 Å². The summed E-state index contributed by atoms with van der Waals surface area (Å²) in [7, 11) is 0. The number of furan rings is 1. The van der Waals surface area contributed by atoms with Crippen LogP contribution in [0.1, 0.15) is 19.1 Å². The number of fused-ring (bicyclic) bond motifs is 1. The zero-order valence-electron chi connectivity index (χ0n) is 10.1. The highest BCUT2D eigenvalue weighted by Crippen LogP contribution is 2.19. The van der Waals surface area contributed by atoms with Crippen LogP contribution in [0.25, 0.3) is 11.0 Å². The number of benzene rings is 1. The molecule has 1 aliphatic heterocycles. The third-order valence-electron chi connectivity index (χ3n) is 3.54. The highest BCUT2D eigenvalue weighted by atomic mass is 16.3. The first-order valence-corrected chi connectivity index (χ1v) is 6.27. The molecule has 0 unspecified atom stereocenters. The molecule has 0 saturated carbocycles. The molecule has 2 N–H and O–H groups in total. The maximum Gasteiger partial charge on any atom is 0.134 e. The Morgan fingerprint density at radius 1 is 1.41 bits per heavy atom. The molecule has 1 aliphatic rings. The summed E-state index contributed by atoms with van der Waals surface area (Å²) in [6.45, 7) is 4.15. The van der Waals surface area contributed by atoms with Gasteiger partial charge >= 0.3 is 0 Å².